The molecule has 5 atom stereocenters. The van der Waals surface area contributed by atoms with E-state index in [1.54, 1.807) is 0 Å². The lowest BCUT2D eigenvalue weighted by Gasteiger charge is -2.27. The standard InChI is InChI=1S/C7H13O4P/c1-4-5-6(11-12)7(2-8,10-4)3-9-5/h4-6,8H,2-3,12H2,1H3/t4-,5?,6-,7?/m1/s1. The molecule has 12 heavy (non-hydrogen) atoms. The fourth-order valence-corrected chi connectivity index (χ4v) is 2.40. The summed E-state index contributed by atoms with van der Waals surface area (Å²) in [4.78, 5) is 0. The molecule has 4 nitrogen and oxygen atoms in total. The molecule has 0 aromatic carbocycles. The highest BCUT2D eigenvalue weighted by Gasteiger charge is 2.60. The summed E-state index contributed by atoms with van der Waals surface area (Å²) in [6.07, 6.45) is -0.173. The Balaban J connectivity index is 2.23. The van der Waals surface area contributed by atoms with Gasteiger partial charge in [0.15, 0.2) is 0 Å². The monoisotopic (exact) mass is 192 g/mol. The molecule has 0 aromatic rings. The number of rotatable bonds is 2. The molecule has 2 rings (SSSR count). The Morgan fingerprint density at radius 2 is 2.50 bits per heavy atom. The van der Waals surface area contributed by atoms with Gasteiger partial charge in [-0.2, -0.15) is 0 Å². The third-order valence-electron chi connectivity index (χ3n) is 2.63. The lowest BCUT2D eigenvalue weighted by atomic mass is 10.0. The van der Waals surface area contributed by atoms with E-state index >= 15 is 0 Å². The maximum Gasteiger partial charge on any atom is 0.144 e. The second-order valence-electron chi connectivity index (χ2n) is 3.38. The molecule has 2 saturated heterocycles. The van der Waals surface area contributed by atoms with E-state index in [2.05, 4.69) is 9.47 Å². The van der Waals surface area contributed by atoms with Crippen molar-refractivity contribution >= 4 is 9.47 Å². The predicted octanol–water partition coefficient (Wildman–Crippen LogP) is -0.290. The second-order valence-corrected chi connectivity index (χ2v) is 3.65. The molecule has 2 heterocycles. The minimum absolute atomic E-state index is 0.0106. The van der Waals surface area contributed by atoms with Gasteiger partial charge in [0.25, 0.3) is 0 Å². The van der Waals surface area contributed by atoms with Gasteiger partial charge in [-0.15, -0.1) is 0 Å². The molecule has 0 radical (unpaired) electrons. The van der Waals surface area contributed by atoms with Gasteiger partial charge in [-0.25, -0.2) is 0 Å². The molecular formula is C7H13O4P. The summed E-state index contributed by atoms with van der Waals surface area (Å²) in [7, 11) is 2.20. The first kappa shape index (κ1) is 8.85. The van der Waals surface area contributed by atoms with Crippen LogP contribution in [-0.2, 0) is 14.0 Å². The van der Waals surface area contributed by atoms with Crippen LogP contribution in [-0.4, -0.2) is 42.2 Å². The van der Waals surface area contributed by atoms with Crippen LogP contribution in [0.4, 0.5) is 0 Å². The normalized spacial score (nSPS) is 51.8. The number of aliphatic hydroxyl groups is 1. The van der Waals surface area contributed by atoms with Crippen molar-refractivity contribution in [3.8, 4) is 0 Å². The largest absolute Gasteiger partial charge is 0.393 e. The zero-order chi connectivity index (χ0) is 8.77. The molecule has 0 aromatic heterocycles. The molecule has 0 spiro atoms. The molecule has 0 saturated carbocycles. The smallest absolute Gasteiger partial charge is 0.144 e. The average Bonchev–Trinajstić information content (AvgIpc) is 2.56. The Morgan fingerprint density at radius 1 is 1.75 bits per heavy atom. The van der Waals surface area contributed by atoms with E-state index in [1.165, 1.54) is 0 Å². The Hall–Kier alpha value is 0.270. The van der Waals surface area contributed by atoms with Gasteiger partial charge >= 0.3 is 0 Å². The summed E-state index contributed by atoms with van der Waals surface area (Å²) in [5.74, 6) is 0. The average molecular weight is 192 g/mol. The number of hydrogen-bond donors (Lipinski definition) is 1. The first-order valence-corrected chi connectivity index (χ1v) is 4.46. The van der Waals surface area contributed by atoms with Gasteiger partial charge in [-0.1, -0.05) is 0 Å². The fraction of sp³-hybridized carbons (Fsp3) is 1.00. The first-order chi connectivity index (χ1) is 5.73. The molecule has 1 N–H and O–H groups in total. The minimum atomic E-state index is -0.619. The molecular weight excluding hydrogens is 179 g/mol. The first-order valence-electron chi connectivity index (χ1n) is 3.99. The lowest BCUT2D eigenvalue weighted by Crippen LogP contribution is -2.44. The highest BCUT2D eigenvalue weighted by molar-refractivity contribution is 7.09. The van der Waals surface area contributed by atoms with Crippen molar-refractivity contribution in [1.82, 2.24) is 0 Å². The van der Waals surface area contributed by atoms with Crippen molar-refractivity contribution in [2.24, 2.45) is 0 Å². The third-order valence-corrected chi connectivity index (χ3v) is 2.93. The number of hydrogen-bond acceptors (Lipinski definition) is 4. The summed E-state index contributed by atoms with van der Waals surface area (Å²) in [5.41, 5.74) is -0.619. The van der Waals surface area contributed by atoms with E-state index in [9.17, 15) is 0 Å². The number of aliphatic hydroxyl groups excluding tert-OH is 1. The van der Waals surface area contributed by atoms with Crippen LogP contribution in [0.15, 0.2) is 0 Å². The van der Waals surface area contributed by atoms with Crippen molar-refractivity contribution in [3.63, 3.8) is 0 Å². The maximum absolute atomic E-state index is 9.17. The second kappa shape index (κ2) is 2.89. The summed E-state index contributed by atoms with van der Waals surface area (Å²) < 4.78 is 16.2. The van der Waals surface area contributed by atoms with Gasteiger partial charge in [-0.05, 0) is 6.92 Å². The van der Waals surface area contributed by atoms with Crippen molar-refractivity contribution in [1.29, 1.82) is 0 Å². The molecule has 2 bridgehead atoms. The Morgan fingerprint density at radius 3 is 2.92 bits per heavy atom. The van der Waals surface area contributed by atoms with Crippen LogP contribution in [0.1, 0.15) is 6.92 Å². The molecule has 2 fully saturated rings. The topological polar surface area (TPSA) is 47.9 Å². The van der Waals surface area contributed by atoms with Gasteiger partial charge in [0.1, 0.15) is 17.8 Å². The van der Waals surface area contributed by atoms with Gasteiger partial charge in [0.2, 0.25) is 0 Å². The van der Waals surface area contributed by atoms with Crippen LogP contribution >= 0.6 is 9.47 Å². The van der Waals surface area contributed by atoms with Crippen molar-refractivity contribution in [2.45, 2.75) is 30.8 Å². The number of fused-ring (bicyclic) bond motifs is 2. The van der Waals surface area contributed by atoms with E-state index in [-0.39, 0.29) is 24.9 Å². The molecule has 2 aliphatic heterocycles. The highest BCUT2D eigenvalue weighted by atomic mass is 31.0. The fourth-order valence-electron chi connectivity index (χ4n) is 2.00. The van der Waals surface area contributed by atoms with E-state index in [0.29, 0.717) is 6.61 Å². The summed E-state index contributed by atoms with van der Waals surface area (Å²) in [6, 6.07) is 0. The summed E-state index contributed by atoms with van der Waals surface area (Å²) in [6.45, 7) is 2.31. The molecule has 0 aliphatic carbocycles. The lowest BCUT2D eigenvalue weighted by molar-refractivity contribution is -0.153. The molecule has 70 valence electrons. The summed E-state index contributed by atoms with van der Waals surface area (Å²) in [5, 5.41) is 9.17. The quantitative estimate of drug-likeness (QED) is 0.611. The highest BCUT2D eigenvalue weighted by Crippen LogP contribution is 2.42. The van der Waals surface area contributed by atoms with E-state index in [4.69, 9.17) is 19.1 Å². The van der Waals surface area contributed by atoms with Crippen LogP contribution < -0.4 is 0 Å². The van der Waals surface area contributed by atoms with Crippen molar-refractivity contribution in [2.75, 3.05) is 13.2 Å². The van der Waals surface area contributed by atoms with Gasteiger partial charge < -0.3 is 19.1 Å². The molecule has 2 aliphatic rings. The Labute approximate surface area is 73.5 Å². The maximum atomic E-state index is 9.17. The number of ether oxygens (including phenoxy) is 2. The Bertz CT molecular complexity index is 188. The van der Waals surface area contributed by atoms with Crippen LogP contribution in [0.5, 0.6) is 0 Å². The Kier molecular flexibility index (Phi) is 2.13. The van der Waals surface area contributed by atoms with Gasteiger partial charge in [0.05, 0.1) is 19.3 Å². The SMILES string of the molecule is C[C@H]1OC2(CO)COC1[C@H]2OP. The van der Waals surface area contributed by atoms with Crippen molar-refractivity contribution in [3.05, 3.63) is 0 Å². The predicted molar refractivity (Wildman–Crippen MR) is 44.7 cm³/mol. The molecule has 0 amide bonds. The third kappa shape index (κ3) is 0.963. The minimum Gasteiger partial charge on any atom is -0.393 e. The van der Waals surface area contributed by atoms with E-state index in [0.717, 1.165) is 0 Å². The van der Waals surface area contributed by atoms with Crippen LogP contribution in [0.3, 0.4) is 0 Å². The van der Waals surface area contributed by atoms with E-state index in [1.807, 2.05) is 6.92 Å². The van der Waals surface area contributed by atoms with E-state index < -0.39 is 5.60 Å². The zero-order valence-electron chi connectivity index (χ0n) is 6.90. The van der Waals surface area contributed by atoms with Crippen LogP contribution in [0, 0.1) is 0 Å². The van der Waals surface area contributed by atoms with Crippen molar-refractivity contribution < 1.29 is 19.1 Å². The van der Waals surface area contributed by atoms with Gasteiger partial charge in [-0.3, -0.25) is 0 Å². The van der Waals surface area contributed by atoms with Crippen LogP contribution in [0.2, 0.25) is 0 Å². The van der Waals surface area contributed by atoms with Crippen LogP contribution in [0.25, 0.3) is 0 Å². The molecule has 5 heteroatoms. The zero-order valence-corrected chi connectivity index (χ0v) is 8.05. The van der Waals surface area contributed by atoms with Gasteiger partial charge in [0, 0.05) is 9.47 Å². The summed E-state index contributed by atoms with van der Waals surface area (Å²) >= 11 is 0. The molecule has 3 unspecified atom stereocenters.